The highest BCUT2D eigenvalue weighted by Gasteiger charge is 2.40. The number of benzene rings is 2. The molecular weight excluding hydrogens is 541 g/mol. The standard InChI is InChI=1S/C28H32FN3O7S/c1-28(2,3)39-27(34)31-23-17-40(35,36)25-13-22(29)20(14-30)12-24(25)32(26(23)33)15-18-4-6-21(7-5-18)38-16-19-8-10-37-11-9-19/h4-7,12-13,19,23H,8-11,15-17H2,1-3H3,(H,31,34)/t23-/m0/s1. The molecule has 2 aromatic rings. The molecule has 40 heavy (non-hydrogen) atoms. The first-order valence-electron chi connectivity index (χ1n) is 12.9. The van der Waals surface area contributed by atoms with E-state index >= 15 is 0 Å². The van der Waals surface area contributed by atoms with E-state index in [2.05, 4.69) is 5.32 Å². The van der Waals surface area contributed by atoms with Crippen molar-refractivity contribution in [3.05, 3.63) is 53.3 Å². The van der Waals surface area contributed by atoms with Crippen molar-refractivity contribution < 1.29 is 36.6 Å². The van der Waals surface area contributed by atoms with Crippen molar-refractivity contribution in [1.82, 2.24) is 5.32 Å². The lowest BCUT2D eigenvalue weighted by molar-refractivity contribution is -0.120. The molecule has 1 saturated heterocycles. The molecule has 0 unspecified atom stereocenters. The number of amides is 2. The number of nitriles is 1. The highest BCUT2D eigenvalue weighted by Crippen LogP contribution is 2.34. The Balaban J connectivity index is 1.63. The third kappa shape index (κ3) is 7.08. The molecule has 0 bridgehead atoms. The van der Waals surface area contributed by atoms with Gasteiger partial charge in [0.25, 0.3) is 5.91 Å². The molecule has 10 nitrogen and oxygen atoms in total. The van der Waals surface area contributed by atoms with E-state index in [0.29, 0.717) is 23.8 Å². The molecule has 2 heterocycles. The number of halogens is 1. The zero-order valence-corrected chi connectivity index (χ0v) is 23.4. The Kier molecular flexibility index (Phi) is 8.65. The maximum atomic E-state index is 14.5. The quantitative estimate of drug-likeness (QED) is 0.553. The molecule has 0 aliphatic carbocycles. The number of ether oxygens (including phenoxy) is 3. The number of nitrogens with zero attached hydrogens (tertiary/aromatic N) is 2. The van der Waals surface area contributed by atoms with Gasteiger partial charge in [0, 0.05) is 13.2 Å². The molecule has 2 aromatic carbocycles. The third-order valence-corrected chi connectivity index (χ3v) is 8.30. The van der Waals surface area contributed by atoms with Crippen LogP contribution in [-0.2, 0) is 30.7 Å². The van der Waals surface area contributed by atoms with Crippen LogP contribution in [0.2, 0.25) is 0 Å². The summed E-state index contributed by atoms with van der Waals surface area (Å²) in [5.41, 5.74) is -0.826. The number of sulfone groups is 1. The number of hydrogen-bond donors (Lipinski definition) is 1. The molecule has 1 N–H and O–H groups in total. The second kappa shape index (κ2) is 11.8. The zero-order chi connectivity index (χ0) is 29.1. The Morgan fingerprint density at radius 2 is 1.88 bits per heavy atom. The normalized spacial score (nSPS) is 19.2. The van der Waals surface area contributed by atoms with Crippen LogP contribution in [0.5, 0.6) is 5.75 Å². The van der Waals surface area contributed by atoms with Crippen LogP contribution in [0.25, 0.3) is 0 Å². The van der Waals surface area contributed by atoms with Gasteiger partial charge in [0.05, 0.1) is 35.1 Å². The predicted molar refractivity (Wildman–Crippen MR) is 143 cm³/mol. The van der Waals surface area contributed by atoms with Crippen molar-refractivity contribution in [1.29, 1.82) is 5.26 Å². The number of hydrogen-bond acceptors (Lipinski definition) is 8. The lowest BCUT2D eigenvalue weighted by Gasteiger charge is -2.27. The lowest BCUT2D eigenvalue weighted by Crippen LogP contribution is -2.51. The Morgan fingerprint density at radius 3 is 2.50 bits per heavy atom. The van der Waals surface area contributed by atoms with Gasteiger partial charge in [0.1, 0.15) is 29.3 Å². The van der Waals surface area contributed by atoms with Crippen LogP contribution < -0.4 is 15.0 Å². The van der Waals surface area contributed by atoms with E-state index in [0.717, 1.165) is 43.1 Å². The molecule has 1 atom stereocenters. The van der Waals surface area contributed by atoms with Crippen molar-refractivity contribution in [2.75, 3.05) is 30.5 Å². The minimum atomic E-state index is -4.26. The fraction of sp³-hybridized carbons (Fsp3) is 0.464. The first kappa shape index (κ1) is 29.3. The van der Waals surface area contributed by atoms with Gasteiger partial charge in [0.15, 0.2) is 9.84 Å². The molecule has 0 radical (unpaired) electrons. The van der Waals surface area contributed by atoms with Crippen LogP contribution in [0.3, 0.4) is 0 Å². The van der Waals surface area contributed by atoms with Gasteiger partial charge in [0.2, 0.25) is 0 Å². The van der Waals surface area contributed by atoms with E-state index in [-0.39, 0.29) is 12.2 Å². The summed E-state index contributed by atoms with van der Waals surface area (Å²) in [7, 11) is -4.26. The first-order chi connectivity index (χ1) is 18.9. The molecule has 1 fully saturated rings. The van der Waals surface area contributed by atoms with E-state index in [1.807, 2.05) is 0 Å². The fourth-order valence-electron chi connectivity index (χ4n) is 4.49. The second-order valence-corrected chi connectivity index (χ2v) is 12.8. The van der Waals surface area contributed by atoms with Gasteiger partial charge in [-0.3, -0.25) is 4.79 Å². The highest BCUT2D eigenvalue weighted by molar-refractivity contribution is 7.91. The summed E-state index contributed by atoms with van der Waals surface area (Å²) >= 11 is 0. The lowest BCUT2D eigenvalue weighted by atomic mass is 10.0. The van der Waals surface area contributed by atoms with Gasteiger partial charge in [-0.05, 0) is 69.4 Å². The molecule has 12 heteroatoms. The Bertz CT molecular complexity index is 1410. The summed E-state index contributed by atoms with van der Waals surface area (Å²) < 4.78 is 57.6. The SMILES string of the molecule is CC(C)(C)OC(=O)N[C@H]1CS(=O)(=O)c2cc(F)c(C#N)cc2N(Cc2ccc(OCC3CCOCC3)cc2)C1=O. The van der Waals surface area contributed by atoms with Crippen LogP contribution >= 0.6 is 0 Å². The van der Waals surface area contributed by atoms with Gasteiger partial charge >= 0.3 is 6.09 Å². The molecular formula is C28H32FN3O7S. The number of anilines is 1. The van der Waals surface area contributed by atoms with Gasteiger partial charge < -0.3 is 24.4 Å². The maximum Gasteiger partial charge on any atom is 0.408 e. The number of carbonyl (C=O) groups is 2. The minimum absolute atomic E-state index is 0.107. The van der Waals surface area contributed by atoms with Gasteiger partial charge in [-0.2, -0.15) is 5.26 Å². The smallest absolute Gasteiger partial charge is 0.408 e. The van der Waals surface area contributed by atoms with E-state index in [1.54, 1.807) is 51.1 Å². The number of fused-ring (bicyclic) bond motifs is 1. The van der Waals surface area contributed by atoms with Crippen molar-refractivity contribution in [3.63, 3.8) is 0 Å². The predicted octanol–water partition coefficient (Wildman–Crippen LogP) is 3.72. The van der Waals surface area contributed by atoms with Crippen LogP contribution in [0.1, 0.15) is 44.7 Å². The summed E-state index contributed by atoms with van der Waals surface area (Å²) in [5, 5.41) is 11.7. The number of nitrogens with one attached hydrogen (secondary N) is 1. The molecule has 0 saturated carbocycles. The topological polar surface area (TPSA) is 135 Å². The molecule has 0 spiro atoms. The van der Waals surface area contributed by atoms with Crippen LogP contribution in [-0.4, -0.2) is 57.6 Å². The summed E-state index contributed by atoms with van der Waals surface area (Å²) in [6.07, 6.45) is 0.893. The molecule has 0 aromatic heterocycles. The Hall–Kier alpha value is -3.69. The molecule has 2 aliphatic rings. The Morgan fingerprint density at radius 1 is 1.20 bits per heavy atom. The van der Waals surface area contributed by atoms with Crippen LogP contribution in [0.4, 0.5) is 14.9 Å². The van der Waals surface area contributed by atoms with Gasteiger partial charge in [-0.25, -0.2) is 17.6 Å². The van der Waals surface area contributed by atoms with E-state index in [9.17, 15) is 27.7 Å². The van der Waals surface area contributed by atoms with Crippen LogP contribution in [0, 0.1) is 23.1 Å². The molecule has 2 aliphatic heterocycles. The van der Waals surface area contributed by atoms with Crippen molar-refractivity contribution in [2.24, 2.45) is 5.92 Å². The monoisotopic (exact) mass is 573 g/mol. The highest BCUT2D eigenvalue weighted by atomic mass is 32.2. The van der Waals surface area contributed by atoms with E-state index < -0.39 is 55.5 Å². The van der Waals surface area contributed by atoms with E-state index in [1.165, 1.54) is 0 Å². The average molecular weight is 574 g/mol. The number of rotatable bonds is 6. The largest absolute Gasteiger partial charge is 0.493 e. The summed E-state index contributed by atoms with van der Waals surface area (Å²) in [6, 6.07) is 8.92. The number of carbonyl (C=O) groups excluding carboxylic acids is 2. The first-order valence-corrected chi connectivity index (χ1v) is 14.6. The van der Waals surface area contributed by atoms with Crippen molar-refractivity contribution in [3.8, 4) is 11.8 Å². The van der Waals surface area contributed by atoms with Crippen molar-refractivity contribution in [2.45, 2.75) is 56.7 Å². The van der Waals surface area contributed by atoms with Crippen molar-refractivity contribution >= 4 is 27.5 Å². The summed E-state index contributed by atoms with van der Waals surface area (Å²) in [5.74, 6) is -1.53. The van der Waals surface area contributed by atoms with Crippen LogP contribution in [0.15, 0.2) is 41.3 Å². The van der Waals surface area contributed by atoms with Gasteiger partial charge in [-0.1, -0.05) is 12.1 Å². The fourth-order valence-corrected chi connectivity index (χ4v) is 6.11. The molecule has 4 rings (SSSR count). The molecule has 214 valence electrons. The van der Waals surface area contributed by atoms with E-state index in [4.69, 9.17) is 14.2 Å². The molecule has 2 amide bonds. The minimum Gasteiger partial charge on any atom is -0.493 e. The number of alkyl carbamates (subject to hydrolysis) is 1. The summed E-state index contributed by atoms with van der Waals surface area (Å²) in [6.45, 7) is 6.77. The summed E-state index contributed by atoms with van der Waals surface area (Å²) in [4.78, 5) is 26.9. The second-order valence-electron chi connectivity index (χ2n) is 10.8. The Labute approximate surface area is 232 Å². The zero-order valence-electron chi connectivity index (χ0n) is 22.6. The maximum absolute atomic E-state index is 14.5. The third-order valence-electron chi connectivity index (χ3n) is 6.53. The van der Waals surface area contributed by atoms with Gasteiger partial charge in [-0.15, -0.1) is 0 Å². The average Bonchev–Trinajstić information content (AvgIpc) is 2.96.